The summed E-state index contributed by atoms with van der Waals surface area (Å²) in [7, 11) is 0. The summed E-state index contributed by atoms with van der Waals surface area (Å²) >= 11 is 0. The average Bonchev–Trinajstić information content (AvgIpc) is 2.71. The quantitative estimate of drug-likeness (QED) is 0.673. The van der Waals surface area contributed by atoms with Crippen molar-refractivity contribution in [3.8, 4) is 0 Å². The van der Waals surface area contributed by atoms with Crippen molar-refractivity contribution in [1.82, 2.24) is 5.32 Å². The van der Waals surface area contributed by atoms with Crippen LogP contribution in [0.4, 0.5) is 0 Å². The van der Waals surface area contributed by atoms with E-state index in [4.69, 9.17) is 9.84 Å². The molecule has 4 heteroatoms. The molecule has 2 fully saturated rings. The summed E-state index contributed by atoms with van der Waals surface area (Å²) in [4.78, 5) is 10.8. The first kappa shape index (κ1) is 9.93. The first-order chi connectivity index (χ1) is 6.77. The fourth-order valence-electron chi connectivity index (χ4n) is 2.45. The number of carbonyl (C=O) groups is 1. The van der Waals surface area contributed by atoms with E-state index in [0.29, 0.717) is 18.4 Å². The molecule has 2 aliphatic heterocycles. The normalized spacial score (nSPS) is 38.4. The van der Waals surface area contributed by atoms with Crippen LogP contribution in [0.15, 0.2) is 0 Å². The van der Waals surface area contributed by atoms with Gasteiger partial charge in [-0.1, -0.05) is 0 Å². The van der Waals surface area contributed by atoms with Crippen molar-refractivity contribution in [2.45, 2.75) is 12.8 Å². The van der Waals surface area contributed by atoms with Crippen molar-refractivity contribution in [3.63, 3.8) is 0 Å². The smallest absolute Gasteiger partial charge is 0.307 e. The van der Waals surface area contributed by atoms with Crippen LogP contribution in [0.25, 0.3) is 0 Å². The maximum atomic E-state index is 10.8. The van der Waals surface area contributed by atoms with Crippen molar-refractivity contribution in [2.75, 3.05) is 26.3 Å². The molecule has 80 valence electrons. The first-order valence-electron chi connectivity index (χ1n) is 5.28. The first-order valence-corrected chi connectivity index (χ1v) is 5.28. The molecule has 2 rings (SSSR count). The molecular formula is C10H17NO3. The van der Waals surface area contributed by atoms with Gasteiger partial charge in [-0.15, -0.1) is 0 Å². The Hall–Kier alpha value is -0.610. The lowest BCUT2D eigenvalue weighted by atomic mass is 9.81. The Morgan fingerprint density at radius 3 is 2.86 bits per heavy atom. The Labute approximate surface area is 83.6 Å². The van der Waals surface area contributed by atoms with Gasteiger partial charge in [0.25, 0.3) is 0 Å². The van der Waals surface area contributed by atoms with Crippen LogP contribution in [0.5, 0.6) is 0 Å². The number of nitrogens with one attached hydrogen (secondary N) is 1. The Bertz CT molecular complexity index is 213. The molecule has 2 saturated heterocycles. The zero-order valence-electron chi connectivity index (χ0n) is 8.24. The van der Waals surface area contributed by atoms with Crippen molar-refractivity contribution < 1.29 is 14.6 Å². The molecule has 2 heterocycles. The lowest BCUT2D eigenvalue weighted by Crippen LogP contribution is -2.42. The van der Waals surface area contributed by atoms with Crippen LogP contribution in [-0.2, 0) is 9.53 Å². The number of rotatable bonds is 2. The fraction of sp³-hybridized carbons (Fsp3) is 0.900. The Balaban J connectivity index is 1.89. The second-order valence-electron chi connectivity index (χ2n) is 4.31. The number of hydrogen-bond acceptors (Lipinski definition) is 3. The van der Waals surface area contributed by atoms with Gasteiger partial charge in [0.2, 0.25) is 0 Å². The standard InChI is InChI=1S/C10H17NO3/c12-10(13)9-3-8(4-11-5-9)7-1-2-14-6-7/h7-9,11H,1-6H2,(H,12,13). The molecule has 3 atom stereocenters. The maximum Gasteiger partial charge on any atom is 0.307 e. The van der Waals surface area contributed by atoms with Gasteiger partial charge in [-0.3, -0.25) is 4.79 Å². The van der Waals surface area contributed by atoms with Crippen LogP contribution in [0.1, 0.15) is 12.8 Å². The average molecular weight is 199 g/mol. The van der Waals surface area contributed by atoms with E-state index in [9.17, 15) is 4.79 Å². The Morgan fingerprint density at radius 2 is 2.21 bits per heavy atom. The highest BCUT2D eigenvalue weighted by Gasteiger charge is 2.33. The van der Waals surface area contributed by atoms with E-state index in [1.54, 1.807) is 0 Å². The minimum absolute atomic E-state index is 0.200. The number of piperidine rings is 1. The maximum absolute atomic E-state index is 10.8. The monoisotopic (exact) mass is 199 g/mol. The summed E-state index contributed by atoms with van der Waals surface area (Å²) in [5, 5.41) is 12.1. The number of ether oxygens (including phenoxy) is 1. The Kier molecular flexibility index (Phi) is 3.03. The van der Waals surface area contributed by atoms with Gasteiger partial charge in [0, 0.05) is 19.8 Å². The van der Waals surface area contributed by atoms with Crippen molar-refractivity contribution in [2.24, 2.45) is 17.8 Å². The molecule has 0 aromatic carbocycles. The molecule has 0 aliphatic carbocycles. The number of aliphatic carboxylic acids is 1. The summed E-state index contributed by atoms with van der Waals surface area (Å²) in [6, 6.07) is 0. The molecule has 0 saturated carbocycles. The third kappa shape index (κ3) is 2.07. The van der Waals surface area contributed by atoms with Gasteiger partial charge in [-0.05, 0) is 31.2 Å². The molecular weight excluding hydrogens is 182 g/mol. The summed E-state index contributed by atoms with van der Waals surface area (Å²) in [6.45, 7) is 3.24. The SMILES string of the molecule is O=C(O)C1CNCC(C2CCOC2)C1. The lowest BCUT2D eigenvalue weighted by molar-refractivity contribution is -0.143. The van der Waals surface area contributed by atoms with Gasteiger partial charge in [-0.25, -0.2) is 0 Å². The van der Waals surface area contributed by atoms with Crippen molar-refractivity contribution >= 4 is 5.97 Å². The summed E-state index contributed by atoms with van der Waals surface area (Å²) in [5.41, 5.74) is 0. The highest BCUT2D eigenvalue weighted by Crippen LogP contribution is 2.29. The lowest BCUT2D eigenvalue weighted by Gasteiger charge is -2.30. The number of hydrogen-bond donors (Lipinski definition) is 2. The van der Waals surface area contributed by atoms with Crippen LogP contribution in [0.3, 0.4) is 0 Å². The topological polar surface area (TPSA) is 58.6 Å². The highest BCUT2D eigenvalue weighted by atomic mass is 16.5. The van der Waals surface area contributed by atoms with E-state index in [1.165, 1.54) is 0 Å². The number of carboxylic acids is 1. The van der Waals surface area contributed by atoms with Crippen LogP contribution >= 0.6 is 0 Å². The van der Waals surface area contributed by atoms with Crippen LogP contribution in [-0.4, -0.2) is 37.4 Å². The fourth-order valence-corrected chi connectivity index (χ4v) is 2.45. The van der Waals surface area contributed by atoms with E-state index < -0.39 is 5.97 Å². The van der Waals surface area contributed by atoms with Crippen molar-refractivity contribution in [3.05, 3.63) is 0 Å². The number of carboxylic acid groups (broad SMARTS) is 1. The molecule has 3 unspecified atom stereocenters. The predicted molar refractivity (Wildman–Crippen MR) is 51.0 cm³/mol. The molecule has 0 amide bonds. The van der Waals surface area contributed by atoms with Crippen LogP contribution in [0.2, 0.25) is 0 Å². The second-order valence-corrected chi connectivity index (χ2v) is 4.31. The summed E-state index contributed by atoms with van der Waals surface area (Å²) in [5.74, 6) is 0.201. The largest absolute Gasteiger partial charge is 0.481 e. The molecule has 2 aliphatic rings. The second kappa shape index (κ2) is 4.28. The van der Waals surface area contributed by atoms with E-state index in [0.717, 1.165) is 32.6 Å². The van der Waals surface area contributed by atoms with Crippen LogP contribution in [0, 0.1) is 17.8 Å². The van der Waals surface area contributed by atoms with Gasteiger partial charge in [0.1, 0.15) is 0 Å². The molecule has 0 aromatic rings. The molecule has 4 nitrogen and oxygen atoms in total. The van der Waals surface area contributed by atoms with Gasteiger partial charge in [0.05, 0.1) is 5.92 Å². The van der Waals surface area contributed by atoms with Gasteiger partial charge in [-0.2, -0.15) is 0 Å². The molecule has 0 bridgehead atoms. The third-order valence-corrected chi connectivity index (χ3v) is 3.37. The van der Waals surface area contributed by atoms with E-state index in [1.807, 2.05) is 0 Å². The minimum atomic E-state index is -0.666. The third-order valence-electron chi connectivity index (χ3n) is 3.37. The molecule has 0 radical (unpaired) electrons. The van der Waals surface area contributed by atoms with E-state index >= 15 is 0 Å². The predicted octanol–water partition coefficient (Wildman–Crippen LogP) is 0.333. The Morgan fingerprint density at radius 1 is 1.36 bits per heavy atom. The van der Waals surface area contributed by atoms with E-state index in [-0.39, 0.29) is 5.92 Å². The summed E-state index contributed by atoms with van der Waals surface area (Å²) < 4.78 is 5.33. The molecule has 14 heavy (non-hydrogen) atoms. The zero-order valence-corrected chi connectivity index (χ0v) is 8.24. The molecule has 0 aromatic heterocycles. The molecule has 0 spiro atoms. The van der Waals surface area contributed by atoms with Gasteiger partial charge < -0.3 is 15.2 Å². The summed E-state index contributed by atoms with van der Waals surface area (Å²) in [6.07, 6.45) is 1.91. The van der Waals surface area contributed by atoms with Crippen molar-refractivity contribution in [1.29, 1.82) is 0 Å². The molecule has 2 N–H and O–H groups in total. The van der Waals surface area contributed by atoms with Gasteiger partial charge >= 0.3 is 5.97 Å². The van der Waals surface area contributed by atoms with E-state index in [2.05, 4.69) is 5.32 Å². The zero-order chi connectivity index (χ0) is 9.97. The highest BCUT2D eigenvalue weighted by molar-refractivity contribution is 5.70. The minimum Gasteiger partial charge on any atom is -0.481 e. The van der Waals surface area contributed by atoms with Gasteiger partial charge in [0.15, 0.2) is 0 Å². The van der Waals surface area contributed by atoms with Crippen LogP contribution < -0.4 is 5.32 Å².